The first-order chi connectivity index (χ1) is 8.90. The Kier molecular flexibility index (Phi) is 3.26. The molecule has 0 aliphatic carbocycles. The number of nitro benzene ring substituents is 1. The molecule has 19 heavy (non-hydrogen) atoms. The predicted molar refractivity (Wildman–Crippen MR) is 61.1 cm³/mol. The van der Waals surface area contributed by atoms with Gasteiger partial charge in [-0.15, -0.1) is 0 Å². The summed E-state index contributed by atoms with van der Waals surface area (Å²) in [7, 11) is 0. The van der Waals surface area contributed by atoms with E-state index < -0.39 is 28.3 Å². The van der Waals surface area contributed by atoms with Crippen LogP contribution in [0.5, 0.6) is 0 Å². The Morgan fingerprint density at radius 1 is 1.42 bits per heavy atom. The van der Waals surface area contributed by atoms with Gasteiger partial charge in [0.25, 0.3) is 5.69 Å². The van der Waals surface area contributed by atoms with Crippen LogP contribution in [-0.2, 0) is 0 Å². The van der Waals surface area contributed by atoms with Crippen LogP contribution in [0, 0.1) is 21.7 Å². The fourth-order valence-electron chi connectivity index (χ4n) is 1.51. The third kappa shape index (κ3) is 2.43. The van der Waals surface area contributed by atoms with Crippen molar-refractivity contribution >= 4 is 5.69 Å². The highest BCUT2D eigenvalue weighted by Crippen LogP contribution is 2.32. The van der Waals surface area contributed by atoms with Gasteiger partial charge in [0.15, 0.2) is 17.4 Å². The van der Waals surface area contributed by atoms with E-state index >= 15 is 0 Å². The van der Waals surface area contributed by atoms with E-state index in [0.29, 0.717) is 12.1 Å². The van der Waals surface area contributed by atoms with Crippen molar-refractivity contribution < 1.29 is 18.1 Å². The molecule has 0 spiro atoms. The van der Waals surface area contributed by atoms with Crippen LogP contribution in [0.3, 0.4) is 0 Å². The lowest BCUT2D eigenvalue weighted by Crippen LogP contribution is -2.04. The van der Waals surface area contributed by atoms with E-state index in [1.807, 2.05) is 0 Å². The molecule has 0 bridgehead atoms. The quantitative estimate of drug-likeness (QED) is 0.682. The van der Waals surface area contributed by atoms with E-state index in [2.05, 4.69) is 4.98 Å². The van der Waals surface area contributed by atoms with Crippen molar-refractivity contribution in [1.29, 1.82) is 0 Å². The van der Waals surface area contributed by atoms with E-state index in [-0.39, 0.29) is 17.2 Å². The van der Waals surface area contributed by atoms with Crippen LogP contribution in [0.15, 0.2) is 22.7 Å². The number of rotatable bonds is 3. The summed E-state index contributed by atoms with van der Waals surface area (Å²) in [6.45, 7) is 1.61. The van der Waals surface area contributed by atoms with Crippen molar-refractivity contribution in [3.05, 3.63) is 46.0 Å². The van der Waals surface area contributed by atoms with Crippen molar-refractivity contribution in [1.82, 2.24) is 4.98 Å². The molecule has 2 aromatic rings. The Hall–Kier alpha value is -2.35. The number of aromatic nitrogens is 1. The zero-order chi connectivity index (χ0) is 14.2. The number of hydrogen-bond donors (Lipinski definition) is 1. The lowest BCUT2D eigenvalue weighted by Gasteiger charge is -2.01. The van der Waals surface area contributed by atoms with Crippen molar-refractivity contribution in [2.24, 2.45) is 5.73 Å². The molecule has 1 unspecified atom stereocenters. The number of nitrogens with two attached hydrogens (primary N) is 1. The molecule has 0 saturated heterocycles. The molecule has 100 valence electrons. The Morgan fingerprint density at radius 3 is 2.58 bits per heavy atom. The molecule has 0 aliphatic heterocycles. The van der Waals surface area contributed by atoms with Crippen LogP contribution in [0.4, 0.5) is 14.5 Å². The molecule has 0 aliphatic rings. The van der Waals surface area contributed by atoms with Crippen molar-refractivity contribution in [3.8, 4) is 11.3 Å². The number of oxazole rings is 1. The normalized spacial score (nSPS) is 12.4. The monoisotopic (exact) mass is 269 g/mol. The Labute approximate surface area is 106 Å². The van der Waals surface area contributed by atoms with Gasteiger partial charge >= 0.3 is 0 Å². The maximum absolute atomic E-state index is 13.2. The van der Waals surface area contributed by atoms with Gasteiger partial charge in [0.1, 0.15) is 0 Å². The summed E-state index contributed by atoms with van der Waals surface area (Å²) in [6.07, 6.45) is 1.18. The standard InChI is InChI=1S/C11H9F2N3O3/c1-5(14)11-15-4-10(19-11)6-2-7(12)8(13)3-9(6)16(17)18/h2-5H,14H2,1H3. The largest absolute Gasteiger partial charge is 0.439 e. The maximum Gasteiger partial charge on any atom is 0.283 e. The number of benzene rings is 1. The molecule has 0 radical (unpaired) electrons. The third-order valence-corrected chi connectivity index (χ3v) is 2.41. The number of halogens is 2. The minimum Gasteiger partial charge on any atom is -0.439 e. The molecule has 0 fully saturated rings. The third-order valence-electron chi connectivity index (χ3n) is 2.41. The van der Waals surface area contributed by atoms with E-state index in [9.17, 15) is 18.9 Å². The lowest BCUT2D eigenvalue weighted by atomic mass is 10.1. The van der Waals surface area contributed by atoms with Crippen LogP contribution < -0.4 is 5.73 Å². The van der Waals surface area contributed by atoms with Gasteiger partial charge in [-0.3, -0.25) is 10.1 Å². The molecule has 1 atom stereocenters. The van der Waals surface area contributed by atoms with Gasteiger partial charge in [0.2, 0.25) is 5.89 Å². The number of nitrogens with zero attached hydrogens (tertiary/aromatic N) is 2. The van der Waals surface area contributed by atoms with Crippen LogP contribution in [0.1, 0.15) is 18.9 Å². The summed E-state index contributed by atoms with van der Waals surface area (Å²) in [6, 6.07) is 0.676. The molecule has 2 rings (SSSR count). The number of nitro groups is 1. The van der Waals surface area contributed by atoms with E-state index in [1.165, 1.54) is 6.20 Å². The highest BCUT2D eigenvalue weighted by molar-refractivity contribution is 5.69. The summed E-state index contributed by atoms with van der Waals surface area (Å²) in [5, 5.41) is 10.8. The molecule has 0 amide bonds. The summed E-state index contributed by atoms with van der Waals surface area (Å²) < 4.78 is 31.4. The second-order valence-electron chi connectivity index (χ2n) is 3.89. The SMILES string of the molecule is CC(N)c1ncc(-c2cc(F)c(F)cc2[N+](=O)[O-])o1. The van der Waals surface area contributed by atoms with E-state index in [1.54, 1.807) is 6.92 Å². The average molecular weight is 269 g/mol. The van der Waals surface area contributed by atoms with E-state index in [0.717, 1.165) is 0 Å². The highest BCUT2D eigenvalue weighted by atomic mass is 19.2. The van der Waals surface area contributed by atoms with Gasteiger partial charge in [-0.05, 0) is 13.0 Å². The first-order valence-electron chi connectivity index (χ1n) is 5.25. The fourth-order valence-corrected chi connectivity index (χ4v) is 1.51. The first-order valence-corrected chi connectivity index (χ1v) is 5.25. The van der Waals surface area contributed by atoms with Gasteiger partial charge in [0.05, 0.1) is 28.8 Å². The molecular formula is C11H9F2N3O3. The van der Waals surface area contributed by atoms with Crippen molar-refractivity contribution in [2.75, 3.05) is 0 Å². The second-order valence-corrected chi connectivity index (χ2v) is 3.89. The second kappa shape index (κ2) is 4.73. The molecule has 1 aromatic carbocycles. The Morgan fingerprint density at radius 2 is 2.05 bits per heavy atom. The van der Waals surface area contributed by atoms with Crippen LogP contribution in [0.2, 0.25) is 0 Å². The molecule has 1 aromatic heterocycles. The first kappa shape index (κ1) is 13.1. The summed E-state index contributed by atoms with van der Waals surface area (Å²) in [5.74, 6) is -2.41. The summed E-state index contributed by atoms with van der Waals surface area (Å²) in [5.41, 5.74) is 4.74. The van der Waals surface area contributed by atoms with Crippen LogP contribution in [0.25, 0.3) is 11.3 Å². The minimum absolute atomic E-state index is 0.0436. The van der Waals surface area contributed by atoms with Gasteiger partial charge < -0.3 is 10.2 Å². The van der Waals surface area contributed by atoms with Gasteiger partial charge in [-0.25, -0.2) is 13.8 Å². The smallest absolute Gasteiger partial charge is 0.283 e. The van der Waals surface area contributed by atoms with Crippen molar-refractivity contribution in [2.45, 2.75) is 13.0 Å². The van der Waals surface area contributed by atoms with Gasteiger partial charge in [-0.1, -0.05) is 0 Å². The van der Waals surface area contributed by atoms with Crippen molar-refractivity contribution in [3.63, 3.8) is 0 Å². The topological polar surface area (TPSA) is 95.2 Å². The molecular weight excluding hydrogens is 260 g/mol. The molecule has 2 N–H and O–H groups in total. The van der Waals surface area contributed by atoms with Crippen LogP contribution >= 0.6 is 0 Å². The van der Waals surface area contributed by atoms with Crippen LogP contribution in [-0.4, -0.2) is 9.91 Å². The summed E-state index contributed by atoms with van der Waals surface area (Å²) >= 11 is 0. The average Bonchev–Trinajstić information content (AvgIpc) is 2.81. The Bertz CT molecular complexity index is 640. The minimum atomic E-state index is -1.30. The fraction of sp³-hybridized carbons (Fsp3) is 0.182. The molecule has 1 heterocycles. The zero-order valence-electron chi connectivity index (χ0n) is 9.76. The highest BCUT2D eigenvalue weighted by Gasteiger charge is 2.23. The predicted octanol–water partition coefficient (Wildman–Crippen LogP) is 2.55. The Balaban J connectivity index is 2.59. The molecule has 0 saturated carbocycles. The van der Waals surface area contributed by atoms with E-state index in [4.69, 9.17) is 10.2 Å². The van der Waals surface area contributed by atoms with Gasteiger partial charge in [-0.2, -0.15) is 0 Å². The molecule has 8 heteroatoms. The lowest BCUT2D eigenvalue weighted by molar-refractivity contribution is -0.384. The maximum atomic E-state index is 13.2. The van der Waals surface area contributed by atoms with Gasteiger partial charge in [0, 0.05) is 0 Å². The summed E-state index contributed by atoms with van der Waals surface area (Å²) in [4.78, 5) is 13.8. The molecule has 6 nitrogen and oxygen atoms in total. The number of hydrogen-bond acceptors (Lipinski definition) is 5. The zero-order valence-corrected chi connectivity index (χ0v) is 9.76.